The van der Waals surface area contributed by atoms with Crippen molar-refractivity contribution >= 4 is 15.7 Å². The summed E-state index contributed by atoms with van der Waals surface area (Å²) in [5, 5.41) is 8.29. The van der Waals surface area contributed by atoms with E-state index in [1.165, 1.54) is 12.1 Å². The maximum absolute atomic E-state index is 11.2. The fourth-order valence-corrected chi connectivity index (χ4v) is 2.41. The van der Waals surface area contributed by atoms with Gasteiger partial charge in [-0.2, -0.15) is 0 Å². The van der Waals surface area contributed by atoms with Gasteiger partial charge < -0.3 is 10.1 Å². The van der Waals surface area contributed by atoms with Gasteiger partial charge >= 0.3 is 0 Å². The minimum Gasteiger partial charge on any atom is -0.494 e. The fourth-order valence-electron chi connectivity index (χ4n) is 1.89. The first-order valence-electron chi connectivity index (χ1n) is 7.07. The second kappa shape index (κ2) is 7.29. The predicted molar refractivity (Wildman–Crippen MR) is 87.4 cm³/mol. The van der Waals surface area contributed by atoms with Gasteiger partial charge in [-0.1, -0.05) is 19.1 Å². The Hall–Kier alpha value is -2.05. The maximum Gasteiger partial charge on any atom is 0.238 e. The third-order valence-corrected chi connectivity index (χ3v) is 4.00. The van der Waals surface area contributed by atoms with Crippen LogP contribution in [0.15, 0.2) is 53.4 Å². The summed E-state index contributed by atoms with van der Waals surface area (Å²) in [7, 11) is -3.64. The minimum absolute atomic E-state index is 0.107. The Labute approximate surface area is 131 Å². The topological polar surface area (TPSA) is 81.4 Å². The summed E-state index contributed by atoms with van der Waals surface area (Å²) in [5.41, 5.74) is 1.94. The number of benzene rings is 2. The van der Waals surface area contributed by atoms with Crippen LogP contribution < -0.4 is 15.2 Å². The van der Waals surface area contributed by atoms with Crippen LogP contribution in [-0.2, 0) is 16.6 Å². The second-order valence-corrected chi connectivity index (χ2v) is 6.48. The molecule has 22 heavy (non-hydrogen) atoms. The Kier molecular flexibility index (Phi) is 5.41. The van der Waals surface area contributed by atoms with E-state index in [1.54, 1.807) is 12.1 Å². The van der Waals surface area contributed by atoms with Crippen LogP contribution in [0.25, 0.3) is 0 Å². The summed E-state index contributed by atoms with van der Waals surface area (Å²) in [5.74, 6) is 0.864. The summed E-state index contributed by atoms with van der Waals surface area (Å²) in [6.45, 7) is 3.43. The van der Waals surface area contributed by atoms with E-state index < -0.39 is 10.0 Å². The number of nitrogens with one attached hydrogen (secondary N) is 1. The maximum atomic E-state index is 11.2. The Bertz CT molecular complexity index is 695. The molecule has 6 heteroatoms. The summed E-state index contributed by atoms with van der Waals surface area (Å²) < 4.78 is 27.9. The zero-order valence-electron chi connectivity index (χ0n) is 12.5. The van der Waals surface area contributed by atoms with Gasteiger partial charge in [0.25, 0.3) is 0 Å². The van der Waals surface area contributed by atoms with Gasteiger partial charge in [0, 0.05) is 12.2 Å². The molecule has 0 spiro atoms. The quantitative estimate of drug-likeness (QED) is 0.822. The van der Waals surface area contributed by atoms with E-state index in [-0.39, 0.29) is 4.90 Å². The molecule has 2 rings (SSSR count). The van der Waals surface area contributed by atoms with Crippen LogP contribution in [0, 0.1) is 0 Å². The number of primary sulfonamides is 1. The predicted octanol–water partition coefficient (Wildman–Crippen LogP) is 2.73. The molecule has 0 aliphatic heterocycles. The average molecular weight is 320 g/mol. The lowest BCUT2D eigenvalue weighted by Gasteiger charge is -2.09. The molecule has 0 aliphatic carbocycles. The van der Waals surface area contributed by atoms with Gasteiger partial charge in [-0.3, -0.25) is 0 Å². The highest BCUT2D eigenvalue weighted by molar-refractivity contribution is 7.89. The average Bonchev–Trinajstić information content (AvgIpc) is 2.51. The highest BCUT2D eigenvalue weighted by atomic mass is 32.2. The Morgan fingerprint density at radius 2 is 1.68 bits per heavy atom. The third-order valence-electron chi connectivity index (χ3n) is 3.08. The van der Waals surface area contributed by atoms with Gasteiger partial charge in [0.15, 0.2) is 0 Å². The van der Waals surface area contributed by atoms with Crippen LogP contribution in [0.3, 0.4) is 0 Å². The Balaban J connectivity index is 1.92. The van der Waals surface area contributed by atoms with Crippen molar-refractivity contribution in [3.05, 3.63) is 54.1 Å². The number of sulfonamides is 1. The van der Waals surface area contributed by atoms with Crippen LogP contribution >= 0.6 is 0 Å². The Morgan fingerprint density at radius 1 is 1.05 bits per heavy atom. The van der Waals surface area contributed by atoms with Crippen LogP contribution in [-0.4, -0.2) is 15.0 Å². The molecule has 3 N–H and O–H groups in total. The van der Waals surface area contributed by atoms with E-state index in [1.807, 2.05) is 24.3 Å². The van der Waals surface area contributed by atoms with Gasteiger partial charge in [0.05, 0.1) is 11.5 Å². The normalized spacial score (nSPS) is 11.2. The molecule has 118 valence electrons. The zero-order valence-corrected chi connectivity index (χ0v) is 13.3. The van der Waals surface area contributed by atoms with E-state index in [0.29, 0.717) is 13.2 Å². The molecule has 0 saturated carbocycles. The SMILES string of the molecule is CCCOc1ccc(CNc2ccc(S(N)(=O)=O)cc2)cc1. The van der Waals surface area contributed by atoms with Crippen LogP contribution in [0.2, 0.25) is 0 Å². The number of anilines is 1. The summed E-state index contributed by atoms with van der Waals surface area (Å²) >= 11 is 0. The lowest BCUT2D eigenvalue weighted by molar-refractivity contribution is 0.317. The van der Waals surface area contributed by atoms with Crippen LogP contribution in [0.1, 0.15) is 18.9 Å². The standard InChI is InChI=1S/C16H20N2O3S/c1-2-11-21-15-7-3-13(4-8-15)12-18-14-5-9-16(10-6-14)22(17,19)20/h3-10,18H,2,11-12H2,1H3,(H2,17,19,20). The fraction of sp³-hybridized carbons (Fsp3) is 0.250. The number of ether oxygens (including phenoxy) is 1. The van der Waals surface area contributed by atoms with Crippen LogP contribution in [0.4, 0.5) is 5.69 Å². The van der Waals surface area contributed by atoms with Crippen molar-refractivity contribution in [1.82, 2.24) is 0 Å². The molecule has 0 bridgehead atoms. The molecule has 0 aromatic heterocycles. The second-order valence-electron chi connectivity index (χ2n) is 4.92. The van der Waals surface area contributed by atoms with Crippen molar-refractivity contribution < 1.29 is 13.2 Å². The summed E-state index contributed by atoms with van der Waals surface area (Å²) in [6.07, 6.45) is 0.984. The van der Waals surface area contributed by atoms with E-state index in [0.717, 1.165) is 23.4 Å². The summed E-state index contributed by atoms with van der Waals surface area (Å²) in [6, 6.07) is 14.2. The molecule has 0 atom stereocenters. The van der Waals surface area contributed by atoms with Gasteiger partial charge in [0.1, 0.15) is 5.75 Å². The van der Waals surface area contributed by atoms with Gasteiger partial charge in [0.2, 0.25) is 10.0 Å². The first-order valence-corrected chi connectivity index (χ1v) is 8.62. The van der Waals surface area contributed by atoms with Crippen molar-refractivity contribution in [2.24, 2.45) is 5.14 Å². The zero-order chi connectivity index (χ0) is 16.0. The van der Waals surface area contributed by atoms with E-state index in [9.17, 15) is 8.42 Å². The molecule has 0 unspecified atom stereocenters. The van der Waals surface area contributed by atoms with E-state index >= 15 is 0 Å². The van der Waals surface area contributed by atoms with Gasteiger partial charge in [-0.05, 0) is 48.4 Å². The molecule has 0 amide bonds. The molecule has 2 aromatic carbocycles. The van der Waals surface area contributed by atoms with Gasteiger partial charge in [-0.25, -0.2) is 13.6 Å². The van der Waals surface area contributed by atoms with Crippen molar-refractivity contribution in [3.8, 4) is 5.75 Å². The molecule has 0 aliphatic rings. The first kappa shape index (κ1) is 16.3. The molecule has 0 heterocycles. The molecule has 0 saturated heterocycles. The number of hydrogen-bond acceptors (Lipinski definition) is 4. The number of rotatable bonds is 7. The molecule has 5 nitrogen and oxygen atoms in total. The van der Waals surface area contributed by atoms with Crippen LogP contribution in [0.5, 0.6) is 5.75 Å². The van der Waals surface area contributed by atoms with E-state index in [2.05, 4.69) is 12.2 Å². The molecular formula is C16H20N2O3S. The summed E-state index contributed by atoms with van der Waals surface area (Å²) in [4.78, 5) is 0.107. The van der Waals surface area contributed by atoms with Crippen molar-refractivity contribution in [2.75, 3.05) is 11.9 Å². The lowest BCUT2D eigenvalue weighted by atomic mass is 10.2. The largest absolute Gasteiger partial charge is 0.494 e. The molecule has 0 fully saturated rings. The number of nitrogens with two attached hydrogens (primary N) is 1. The number of hydrogen-bond donors (Lipinski definition) is 2. The van der Waals surface area contributed by atoms with E-state index in [4.69, 9.17) is 9.88 Å². The lowest BCUT2D eigenvalue weighted by Crippen LogP contribution is -2.12. The van der Waals surface area contributed by atoms with Crippen molar-refractivity contribution in [2.45, 2.75) is 24.8 Å². The molecular weight excluding hydrogens is 300 g/mol. The minimum atomic E-state index is -3.64. The smallest absolute Gasteiger partial charge is 0.238 e. The highest BCUT2D eigenvalue weighted by Crippen LogP contribution is 2.16. The third kappa shape index (κ3) is 4.75. The molecule has 0 radical (unpaired) electrons. The monoisotopic (exact) mass is 320 g/mol. The highest BCUT2D eigenvalue weighted by Gasteiger charge is 2.06. The van der Waals surface area contributed by atoms with Gasteiger partial charge in [-0.15, -0.1) is 0 Å². The molecule has 2 aromatic rings. The first-order chi connectivity index (χ1) is 10.5. The Morgan fingerprint density at radius 3 is 2.23 bits per heavy atom. The van der Waals surface area contributed by atoms with Crippen molar-refractivity contribution in [3.63, 3.8) is 0 Å². The van der Waals surface area contributed by atoms with Crippen molar-refractivity contribution in [1.29, 1.82) is 0 Å².